The van der Waals surface area contributed by atoms with Crippen LogP contribution in [0.2, 0.25) is 0 Å². The number of unbranched alkanes of at least 4 members (excludes halogenated alkanes) is 15. The summed E-state index contributed by atoms with van der Waals surface area (Å²) in [4.78, 5) is 20.2. The van der Waals surface area contributed by atoms with E-state index in [4.69, 9.17) is 4.79 Å². The van der Waals surface area contributed by atoms with Gasteiger partial charge in [-0.15, -0.1) is 0 Å². The van der Waals surface area contributed by atoms with Crippen LogP contribution in [0.5, 0.6) is 0 Å². The molecule has 3 heteroatoms. The Kier molecular flexibility index (Phi) is 46.0. The Bertz CT molecular complexity index is 747. The van der Waals surface area contributed by atoms with Crippen molar-refractivity contribution in [1.29, 1.82) is 0 Å². The van der Waals surface area contributed by atoms with Gasteiger partial charge in [0.1, 0.15) is 12.6 Å². The van der Waals surface area contributed by atoms with Crippen molar-refractivity contribution < 1.29 is 9.59 Å². The number of ketones is 1. The molecule has 0 saturated carbocycles. The number of Topliss-reactive ketones (excluding diaryl/α,β-unsaturated/α-hetero) is 1. The molecule has 0 aromatic rings. The summed E-state index contributed by atoms with van der Waals surface area (Å²) in [7, 11) is 2.01. The van der Waals surface area contributed by atoms with Gasteiger partial charge in [0.05, 0.1) is 0 Å². The van der Waals surface area contributed by atoms with Gasteiger partial charge in [0.25, 0.3) is 0 Å². The van der Waals surface area contributed by atoms with Crippen molar-refractivity contribution in [3.63, 3.8) is 0 Å². The number of carbonyl (C=O) groups excluding carboxylic acids is 2. The molecule has 0 aliphatic rings. The van der Waals surface area contributed by atoms with E-state index in [2.05, 4.69) is 98.9 Å². The Morgan fingerprint density at radius 2 is 0.980 bits per heavy atom. The molecule has 0 bridgehead atoms. The van der Waals surface area contributed by atoms with Crippen LogP contribution in [-0.4, -0.2) is 25.2 Å². The first-order valence-electron chi connectivity index (χ1n) is 22.1. The average molecular weight is 720 g/mol. The molecule has 0 saturated heterocycles. The van der Waals surface area contributed by atoms with E-state index in [0.717, 1.165) is 31.1 Å². The van der Waals surface area contributed by atoms with Gasteiger partial charge in [0, 0.05) is 18.4 Å². The van der Waals surface area contributed by atoms with E-state index in [1.54, 1.807) is 0 Å². The predicted molar refractivity (Wildman–Crippen MR) is 234 cm³/mol. The highest BCUT2D eigenvalue weighted by molar-refractivity contribution is 5.78. The van der Waals surface area contributed by atoms with Gasteiger partial charge in [-0.05, 0) is 82.6 Å². The molecule has 0 heterocycles. The fourth-order valence-corrected chi connectivity index (χ4v) is 5.84. The third-order valence-electron chi connectivity index (χ3n) is 10.7. The minimum atomic E-state index is 0.229. The molecule has 51 heavy (non-hydrogen) atoms. The molecular formula is C48H97NO2. The number of nitrogens with one attached hydrogen (secondary N) is 1. The predicted octanol–water partition coefficient (Wildman–Crippen LogP) is 15.9. The lowest BCUT2D eigenvalue weighted by molar-refractivity contribution is -0.119. The molecule has 0 amide bonds. The van der Waals surface area contributed by atoms with Crippen LogP contribution in [0.15, 0.2) is 24.3 Å². The van der Waals surface area contributed by atoms with Crippen LogP contribution in [-0.2, 0) is 9.59 Å². The van der Waals surface area contributed by atoms with Crippen molar-refractivity contribution in [2.75, 3.05) is 7.05 Å². The first-order valence-corrected chi connectivity index (χ1v) is 22.1. The molecule has 0 spiro atoms. The Hall–Kier alpha value is -1.22. The highest BCUT2D eigenvalue weighted by atomic mass is 16.1. The zero-order valence-electron chi connectivity index (χ0n) is 37.5. The van der Waals surface area contributed by atoms with Gasteiger partial charge >= 0.3 is 0 Å². The summed E-state index contributed by atoms with van der Waals surface area (Å²) in [5, 5.41) is 3.28. The van der Waals surface area contributed by atoms with Crippen LogP contribution >= 0.6 is 0 Å². The smallest absolute Gasteiger partial charge is 0.133 e. The van der Waals surface area contributed by atoms with Crippen molar-refractivity contribution in [2.45, 2.75) is 243 Å². The average Bonchev–Trinajstić information content (AvgIpc) is 3.10. The number of allylic oxidation sites excluding steroid dienone is 4. The van der Waals surface area contributed by atoms with Crippen LogP contribution in [0.1, 0.15) is 237 Å². The largest absolute Gasteiger partial charge is 0.314 e. The maximum atomic E-state index is 12.2. The molecule has 0 rings (SSSR count). The summed E-state index contributed by atoms with van der Waals surface area (Å²) in [6, 6.07) is 0. The second kappa shape index (κ2) is 41.5. The Morgan fingerprint density at radius 1 is 0.588 bits per heavy atom. The van der Waals surface area contributed by atoms with Gasteiger partial charge in [-0.3, -0.25) is 4.79 Å². The lowest BCUT2D eigenvalue weighted by atomic mass is 9.76. The standard InChI is InChI=1S/C37H70O.C8H19N.C2H6.CH2O/c1-6-8-10-12-16-25-31-36(5)33-37(38)32-26-20-14-19-24-30-35(4)29-23-18-13-17-22-28-34(3)27-21-15-11-9-7-2;1-7(2,3)8(4,5)9-6;2*1-2/h21,25,27,31,34-36H,6-20,22-24,26,28-30,32-33H2,1-5H3;9H,1-6H3;1-2H3;1H2/b27-21+,31-25?;;;. The van der Waals surface area contributed by atoms with E-state index in [0.29, 0.717) is 17.1 Å². The molecule has 0 aromatic carbocycles. The highest BCUT2D eigenvalue weighted by Gasteiger charge is 2.30. The zero-order chi connectivity index (χ0) is 39.8. The molecule has 0 aromatic heterocycles. The molecule has 3 nitrogen and oxygen atoms in total. The lowest BCUT2D eigenvalue weighted by Crippen LogP contribution is -2.47. The molecule has 3 unspecified atom stereocenters. The van der Waals surface area contributed by atoms with Crippen LogP contribution < -0.4 is 5.32 Å². The summed E-state index contributed by atoms with van der Waals surface area (Å²) < 4.78 is 0. The number of hydrogen-bond acceptors (Lipinski definition) is 3. The lowest BCUT2D eigenvalue weighted by Gasteiger charge is -2.38. The topological polar surface area (TPSA) is 46.2 Å². The molecule has 3 atom stereocenters. The second-order valence-corrected chi connectivity index (χ2v) is 16.8. The maximum Gasteiger partial charge on any atom is 0.133 e. The van der Waals surface area contributed by atoms with Crippen molar-refractivity contribution in [1.82, 2.24) is 5.32 Å². The summed E-state index contributed by atoms with van der Waals surface area (Å²) in [5.41, 5.74) is 0.564. The quantitative estimate of drug-likeness (QED) is 0.0594. The maximum absolute atomic E-state index is 12.2. The van der Waals surface area contributed by atoms with Gasteiger partial charge < -0.3 is 10.1 Å². The normalized spacial score (nSPS) is 13.4. The van der Waals surface area contributed by atoms with Crippen LogP contribution in [0, 0.1) is 23.2 Å². The van der Waals surface area contributed by atoms with E-state index < -0.39 is 0 Å². The van der Waals surface area contributed by atoms with Crippen LogP contribution in [0.25, 0.3) is 0 Å². The monoisotopic (exact) mass is 720 g/mol. The Labute approximate surface area is 323 Å². The minimum Gasteiger partial charge on any atom is -0.314 e. The van der Waals surface area contributed by atoms with Gasteiger partial charge in [0.15, 0.2) is 0 Å². The number of hydrogen-bond donors (Lipinski definition) is 1. The molecular weight excluding hydrogens is 623 g/mol. The summed E-state index contributed by atoms with van der Waals surface area (Å²) in [6.45, 7) is 28.7. The van der Waals surface area contributed by atoms with Crippen molar-refractivity contribution in [2.24, 2.45) is 23.2 Å². The third-order valence-corrected chi connectivity index (χ3v) is 10.7. The zero-order valence-corrected chi connectivity index (χ0v) is 37.5. The number of rotatable bonds is 30. The van der Waals surface area contributed by atoms with E-state index >= 15 is 0 Å². The van der Waals surface area contributed by atoms with Crippen molar-refractivity contribution >= 4 is 12.6 Å². The first-order chi connectivity index (χ1) is 24.3. The van der Waals surface area contributed by atoms with Crippen molar-refractivity contribution in [3.8, 4) is 0 Å². The fraction of sp³-hybridized carbons (Fsp3) is 0.875. The molecule has 0 radical (unpaired) electrons. The number of carbonyl (C=O) groups is 2. The van der Waals surface area contributed by atoms with E-state index in [9.17, 15) is 4.79 Å². The van der Waals surface area contributed by atoms with Gasteiger partial charge in [0.2, 0.25) is 0 Å². The summed E-state index contributed by atoms with van der Waals surface area (Å²) in [5.74, 6) is 2.52. The third kappa shape index (κ3) is 43.1. The van der Waals surface area contributed by atoms with Crippen LogP contribution in [0.4, 0.5) is 0 Å². The fourth-order valence-electron chi connectivity index (χ4n) is 5.84. The van der Waals surface area contributed by atoms with Crippen molar-refractivity contribution in [3.05, 3.63) is 24.3 Å². The molecule has 0 aliphatic heterocycles. The van der Waals surface area contributed by atoms with E-state index in [1.165, 1.54) is 135 Å². The van der Waals surface area contributed by atoms with Gasteiger partial charge in [-0.25, -0.2) is 0 Å². The summed E-state index contributed by atoms with van der Waals surface area (Å²) >= 11 is 0. The first kappa shape index (κ1) is 56.5. The summed E-state index contributed by atoms with van der Waals surface area (Å²) in [6.07, 6.45) is 40.3. The highest BCUT2D eigenvalue weighted by Crippen LogP contribution is 2.28. The van der Waals surface area contributed by atoms with E-state index in [1.807, 2.05) is 27.7 Å². The molecule has 306 valence electrons. The molecule has 0 fully saturated rings. The second-order valence-electron chi connectivity index (χ2n) is 16.8. The molecule has 0 aliphatic carbocycles. The van der Waals surface area contributed by atoms with E-state index in [-0.39, 0.29) is 5.54 Å². The SMILES string of the molecule is C=O.CC.CCCCC/C=C/C(C)CCCCCCCC(C)CCCCCCCC(=O)CC(C)C=CCCCCCC.CNC(C)(C)C(C)(C)C. The van der Waals surface area contributed by atoms with Crippen LogP contribution in [0.3, 0.4) is 0 Å². The van der Waals surface area contributed by atoms with Gasteiger partial charge in [-0.2, -0.15) is 0 Å². The Balaban J connectivity index is -0.000000723. The molecule has 1 N–H and O–H groups in total. The Morgan fingerprint density at radius 3 is 1.43 bits per heavy atom. The minimum absolute atomic E-state index is 0.229. The van der Waals surface area contributed by atoms with Gasteiger partial charge in [-0.1, -0.05) is 196 Å².